The number of aromatic nitrogens is 1. The fourth-order valence-electron chi connectivity index (χ4n) is 3.41. The number of carbonyl (C=O) groups is 1. The summed E-state index contributed by atoms with van der Waals surface area (Å²) in [7, 11) is 0. The van der Waals surface area contributed by atoms with Crippen molar-refractivity contribution in [1.82, 2.24) is 10.3 Å². The Bertz CT molecular complexity index is 1020. The molecular weight excluding hydrogens is 403 g/mol. The lowest BCUT2D eigenvalue weighted by atomic mass is 10.0. The van der Waals surface area contributed by atoms with Crippen molar-refractivity contribution in [2.45, 2.75) is 23.6 Å². The molecule has 30 heavy (non-hydrogen) atoms. The van der Waals surface area contributed by atoms with E-state index in [0.29, 0.717) is 47.0 Å². The van der Waals surface area contributed by atoms with Gasteiger partial charge in [0.15, 0.2) is 0 Å². The van der Waals surface area contributed by atoms with E-state index in [9.17, 15) is 19.7 Å². The topological polar surface area (TPSA) is 119 Å². The summed E-state index contributed by atoms with van der Waals surface area (Å²) in [6.07, 6.45) is 0.471. The van der Waals surface area contributed by atoms with Crippen molar-refractivity contribution < 1.29 is 9.18 Å². The molecule has 3 rings (SSSR count). The highest BCUT2D eigenvalue weighted by atomic mass is 32.2. The van der Waals surface area contributed by atoms with Crippen LogP contribution in [0.4, 0.5) is 10.2 Å². The number of carbonyl (C=O) groups excluding carboxylic acids is 1. The molecule has 1 aromatic carbocycles. The molecule has 9 heteroatoms. The Balaban J connectivity index is 2.12. The number of hydrogen-bond donors (Lipinski definition) is 2. The van der Waals surface area contributed by atoms with Crippen LogP contribution in [0.25, 0.3) is 0 Å². The fraction of sp³-hybridized carbons (Fsp3) is 0.333. The molecule has 0 radical (unpaired) electrons. The van der Waals surface area contributed by atoms with E-state index in [1.54, 1.807) is 0 Å². The second-order valence-corrected chi connectivity index (χ2v) is 7.83. The molecule has 1 aliphatic heterocycles. The zero-order valence-electron chi connectivity index (χ0n) is 16.5. The molecule has 0 saturated carbocycles. The molecule has 1 saturated heterocycles. The fourth-order valence-corrected chi connectivity index (χ4v) is 4.47. The molecule has 3 N–H and O–H groups in total. The van der Waals surface area contributed by atoms with Crippen LogP contribution in [0.15, 0.2) is 29.3 Å². The maximum absolute atomic E-state index is 13.3. The van der Waals surface area contributed by atoms with Gasteiger partial charge in [-0.2, -0.15) is 10.5 Å². The monoisotopic (exact) mass is 424 g/mol. The molecule has 154 valence electrons. The SMILES string of the molecule is CCc1c(C#N)c(SC(C(N)=O)c2ccc(F)cc2)nc(N2CCNCC2)c1C#N. The van der Waals surface area contributed by atoms with E-state index in [1.165, 1.54) is 24.3 Å². The molecule has 0 aliphatic carbocycles. The van der Waals surface area contributed by atoms with Crippen molar-refractivity contribution in [3.05, 3.63) is 52.3 Å². The smallest absolute Gasteiger partial charge is 0.235 e. The number of nitriles is 2. The third-order valence-corrected chi connectivity index (χ3v) is 6.16. The number of pyridine rings is 1. The number of benzene rings is 1. The van der Waals surface area contributed by atoms with E-state index >= 15 is 0 Å². The Kier molecular flexibility index (Phi) is 6.88. The highest BCUT2D eigenvalue weighted by Crippen LogP contribution is 2.39. The molecule has 1 aromatic heterocycles. The summed E-state index contributed by atoms with van der Waals surface area (Å²) in [6.45, 7) is 4.75. The van der Waals surface area contributed by atoms with Gasteiger partial charge in [0.05, 0.1) is 11.1 Å². The first kappa shape index (κ1) is 21.6. The predicted molar refractivity (Wildman–Crippen MR) is 112 cm³/mol. The average molecular weight is 425 g/mol. The Labute approximate surface area is 178 Å². The van der Waals surface area contributed by atoms with Crippen LogP contribution in [-0.4, -0.2) is 37.1 Å². The van der Waals surface area contributed by atoms with E-state index in [0.717, 1.165) is 24.9 Å². The lowest BCUT2D eigenvalue weighted by Crippen LogP contribution is -2.44. The number of piperazine rings is 1. The lowest BCUT2D eigenvalue weighted by molar-refractivity contribution is -0.117. The zero-order valence-corrected chi connectivity index (χ0v) is 17.3. The molecule has 7 nitrogen and oxygen atoms in total. The Morgan fingerprint density at radius 1 is 1.27 bits per heavy atom. The molecule has 1 atom stereocenters. The van der Waals surface area contributed by atoms with Crippen molar-refractivity contribution in [1.29, 1.82) is 10.5 Å². The number of anilines is 1. The molecular formula is C21H21FN6OS. The Morgan fingerprint density at radius 3 is 2.43 bits per heavy atom. The molecule has 1 fully saturated rings. The average Bonchev–Trinajstić information content (AvgIpc) is 2.77. The molecule has 0 bridgehead atoms. The molecule has 1 aliphatic rings. The minimum atomic E-state index is -0.848. The molecule has 0 spiro atoms. The van der Waals surface area contributed by atoms with Crippen LogP contribution in [0.5, 0.6) is 0 Å². The third-order valence-electron chi connectivity index (χ3n) is 4.90. The standard InChI is InChI=1S/C21H21FN6OS/c1-2-15-16(11-23)20(28-9-7-26-8-10-28)27-21(17(15)12-24)30-18(19(25)29)13-3-5-14(22)6-4-13/h3-6,18,26H,2,7-10H2,1H3,(H2,25,29). The summed E-state index contributed by atoms with van der Waals surface area (Å²) in [4.78, 5) is 18.8. The van der Waals surface area contributed by atoms with Crippen LogP contribution in [-0.2, 0) is 11.2 Å². The van der Waals surface area contributed by atoms with Crippen LogP contribution in [0, 0.1) is 28.5 Å². The number of thioether (sulfide) groups is 1. The molecule has 2 aromatic rings. The van der Waals surface area contributed by atoms with Crippen molar-refractivity contribution in [2.24, 2.45) is 5.73 Å². The first-order chi connectivity index (χ1) is 14.5. The number of nitrogens with one attached hydrogen (secondary N) is 1. The quantitative estimate of drug-likeness (QED) is 0.683. The normalized spacial score (nSPS) is 14.6. The van der Waals surface area contributed by atoms with Crippen LogP contribution in [0.1, 0.15) is 34.4 Å². The number of nitrogens with zero attached hydrogens (tertiary/aromatic N) is 4. The van der Waals surface area contributed by atoms with Gasteiger partial charge in [-0.15, -0.1) is 0 Å². The third kappa shape index (κ3) is 4.38. The van der Waals surface area contributed by atoms with E-state index in [4.69, 9.17) is 5.73 Å². The Hall–Kier alpha value is -3.14. The largest absolute Gasteiger partial charge is 0.368 e. The molecule has 2 heterocycles. The number of amides is 1. The van der Waals surface area contributed by atoms with E-state index in [2.05, 4.69) is 22.4 Å². The van der Waals surface area contributed by atoms with Crippen LogP contribution < -0.4 is 16.0 Å². The minimum absolute atomic E-state index is 0.270. The van der Waals surface area contributed by atoms with Gasteiger partial charge in [0.2, 0.25) is 5.91 Å². The highest BCUT2D eigenvalue weighted by Gasteiger charge is 2.27. The maximum Gasteiger partial charge on any atom is 0.235 e. The summed E-state index contributed by atoms with van der Waals surface area (Å²) in [5.74, 6) is -0.529. The van der Waals surface area contributed by atoms with Gasteiger partial charge in [-0.3, -0.25) is 4.79 Å². The van der Waals surface area contributed by atoms with Crippen molar-refractivity contribution in [3.63, 3.8) is 0 Å². The number of halogens is 1. The van der Waals surface area contributed by atoms with Crippen molar-refractivity contribution in [2.75, 3.05) is 31.1 Å². The summed E-state index contributed by atoms with van der Waals surface area (Å²) in [5.41, 5.74) is 7.40. The molecule has 1 amide bonds. The number of rotatable bonds is 6. The summed E-state index contributed by atoms with van der Waals surface area (Å²) in [5, 5.41) is 22.3. The Morgan fingerprint density at radius 2 is 1.90 bits per heavy atom. The second-order valence-electron chi connectivity index (χ2n) is 6.74. The van der Waals surface area contributed by atoms with Gasteiger partial charge in [-0.25, -0.2) is 9.37 Å². The van der Waals surface area contributed by atoms with Gasteiger partial charge in [0, 0.05) is 26.2 Å². The van der Waals surface area contributed by atoms with Gasteiger partial charge in [-0.1, -0.05) is 30.8 Å². The number of nitrogens with two attached hydrogens (primary N) is 1. The molecule has 1 unspecified atom stereocenters. The maximum atomic E-state index is 13.3. The lowest BCUT2D eigenvalue weighted by Gasteiger charge is -2.30. The minimum Gasteiger partial charge on any atom is -0.368 e. The first-order valence-corrected chi connectivity index (χ1v) is 10.4. The van der Waals surface area contributed by atoms with Gasteiger partial charge in [-0.05, 0) is 29.7 Å². The van der Waals surface area contributed by atoms with Crippen LogP contribution in [0.3, 0.4) is 0 Å². The summed E-state index contributed by atoms with van der Waals surface area (Å²) >= 11 is 1.05. The van der Waals surface area contributed by atoms with Crippen LogP contribution >= 0.6 is 11.8 Å². The number of primary amides is 1. The zero-order chi connectivity index (χ0) is 21.7. The summed E-state index contributed by atoms with van der Waals surface area (Å²) < 4.78 is 13.3. The van der Waals surface area contributed by atoms with Gasteiger partial charge < -0.3 is 16.0 Å². The van der Waals surface area contributed by atoms with E-state index in [1.807, 2.05) is 11.8 Å². The van der Waals surface area contributed by atoms with Gasteiger partial charge in [0.1, 0.15) is 34.0 Å². The van der Waals surface area contributed by atoms with Crippen molar-refractivity contribution in [3.8, 4) is 12.1 Å². The van der Waals surface area contributed by atoms with Crippen molar-refractivity contribution >= 4 is 23.5 Å². The van der Waals surface area contributed by atoms with Gasteiger partial charge in [0.25, 0.3) is 0 Å². The van der Waals surface area contributed by atoms with Crippen LogP contribution in [0.2, 0.25) is 0 Å². The van der Waals surface area contributed by atoms with E-state index in [-0.39, 0.29) is 5.56 Å². The number of hydrogen-bond acceptors (Lipinski definition) is 7. The highest BCUT2D eigenvalue weighted by molar-refractivity contribution is 8.00. The predicted octanol–water partition coefficient (Wildman–Crippen LogP) is 2.25. The second kappa shape index (κ2) is 9.57. The first-order valence-electron chi connectivity index (χ1n) is 9.54. The van der Waals surface area contributed by atoms with E-state index < -0.39 is 17.0 Å². The summed E-state index contributed by atoms with van der Waals surface area (Å²) in [6, 6.07) is 9.85. The van der Waals surface area contributed by atoms with Gasteiger partial charge >= 0.3 is 0 Å².